The minimum atomic E-state index is -0.439. The van der Waals surface area contributed by atoms with Gasteiger partial charge in [0.05, 0.1) is 4.47 Å². The van der Waals surface area contributed by atoms with E-state index in [0.29, 0.717) is 29.5 Å². The summed E-state index contributed by atoms with van der Waals surface area (Å²) < 4.78 is 13.8. The SMILES string of the molecule is CCC(=O)NC1CCN(C(=O)c2ccc(Br)c(F)c2)CC1. The molecule has 6 heteroatoms. The summed E-state index contributed by atoms with van der Waals surface area (Å²) >= 11 is 3.07. The van der Waals surface area contributed by atoms with Gasteiger partial charge in [-0.2, -0.15) is 0 Å². The van der Waals surface area contributed by atoms with Crippen LogP contribution in [0.3, 0.4) is 0 Å². The van der Waals surface area contributed by atoms with Gasteiger partial charge in [0.15, 0.2) is 0 Å². The Balaban J connectivity index is 1.93. The lowest BCUT2D eigenvalue weighted by Crippen LogP contribution is -2.46. The number of halogens is 2. The van der Waals surface area contributed by atoms with Gasteiger partial charge >= 0.3 is 0 Å². The first kappa shape index (κ1) is 15.9. The molecule has 0 unspecified atom stereocenters. The van der Waals surface area contributed by atoms with Crippen molar-refractivity contribution in [1.29, 1.82) is 0 Å². The van der Waals surface area contributed by atoms with Crippen molar-refractivity contribution in [1.82, 2.24) is 10.2 Å². The molecule has 2 rings (SSSR count). The predicted octanol–water partition coefficient (Wildman–Crippen LogP) is 2.72. The maximum absolute atomic E-state index is 13.5. The molecule has 0 spiro atoms. The summed E-state index contributed by atoms with van der Waals surface area (Å²) in [4.78, 5) is 25.4. The van der Waals surface area contributed by atoms with Crippen LogP contribution in [-0.2, 0) is 4.79 Å². The second kappa shape index (κ2) is 7.02. The Morgan fingerprint density at radius 1 is 1.38 bits per heavy atom. The van der Waals surface area contributed by atoms with Gasteiger partial charge in [-0.15, -0.1) is 0 Å². The Morgan fingerprint density at radius 3 is 2.62 bits per heavy atom. The number of rotatable bonds is 3. The molecule has 21 heavy (non-hydrogen) atoms. The van der Waals surface area contributed by atoms with Gasteiger partial charge in [-0.25, -0.2) is 4.39 Å². The fourth-order valence-corrected chi connectivity index (χ4v) is 2.62. The second-order valence-electron chi connectivity index (χ2n) is 5.12. The zero-order valence-corrected chi connectivity index (χ0v) is 13.5. The standard InChI is InChI=1S/C15H18BrFN2O2/c1-2-14(20)18-11-5-7-19(8-6-11)15(21)10-3-4-12(16)13(17)9-10/h3-4,9,11H,2,5-8H2,1H3,(H,18,20). The first-order valence-corrected chi connectivity index (χ1v) is 7.84. The number of nitrogens with one attached hydrogen (secondary N) is 1. The van der Waals surface area contributed by atoms with Gasteiger partial charge in [-0.05, 0) is 47.0 Å². The molecule has 0 aliphatic carbocycles. The number of benzene rings is 1. The monoisotopic (exact) mass is 356 g/mol. The molecule has 1 aliphatic rings. The molecular formula is C15H18BrFN2O2. The van der Waals surface area contributed by atoms with Gasteiger partial charge in [0.1, 0.15) is 5.82 Å². The van der Waals surface area contributed by atoms with Gasteiger partial charge < -0.3 is 10.2 Å². The van der Waals surface area contributed by atoms with Crippen LogP contribution in [0.15, 0.2) is 22.7 Å². The largest absolute Gasteiger partial charge is 0.353 e. The summed E-state index contributed by atoms with van der Waals surface area (Å²) in [6.07, 6.45) is 1.93. The third-order valence-corrected chi connectivity index (χ3v) is 4.28. The molecule has 1 saturated heterocycles. The Bertz CT molecular complexity index is 542. The normalized spacial score (nSPS) is 15.9. The summed E-state index contributed by atoms with van der Waals surface area (Å²) in [7, 11) is 0. The minimum absolute atomic E-state index is 0.0368. The van der Waals surface area contributed by atoms with E-state index >= 15 is 0 Å². The van der Waals surface area contributed by atoms with Crippen LogP contribution in [0.2, 0.25) is 0 Å². The quantitative estimate of drug-likeness (QED) is 0.904. The molecule has 0 radical (unpaired) electrons. The van der Waals surface area contributed by atoms with Crippen LogP contribution in [0, 0.1) is 5.82 Å². The molecule has 0 bridgehead atoms. The third kappa shape index (κ3) is 4.03. The molecular weight excluding hydrogens is 339 g/mol. The van der Waals surface area contributed by atoms with Crippen molar-refractivity contribution in [2.75, 3.05) is 13.1 Å². The summed E-state index contributed by atoms with van der Waals surface area (Å²) in [6, 6.07) is 4.53. The number of hydrogen-bond acceptors (Lipinski definition) is 2. The van der Waals surface area contributed by atoms with Crippen LogP contribution in [0.5, 0.6) is 0 Å². The van der Waals surface area contributed by atoms with E-state index in [2.05, 4.69) is 21.2 Å². The van der Waals surface area contributed by atoms with Crippen molar-refractivity contribution < 1.29 is 14.0 Å². The highest BCUT2D eigenvalue weighted by molar-refractivity contribution is 9.10. The van der Waals surface area contributed by atoms with Gasteiger partial charge in [0, 0.05) is 31.1 Å². The first-order chi connectivity index (χ1) is 10.0. The zero-order valence-electron chi connectivity index (χ0n) is 11.9. The average molecular weight is 357 g/mol. The van der Waals surface area contributed by atoms with E-state index in [9.17, 15) is 14.0 Å². The third-order valence-electron chi connectivity index (χ3n) is 3.63. The molecule has 114 valence electrons. The molecule has 4 nitrogen and oxygen atoms in total. The maximum atomic E-state index is 13.5. The van der Waals surface area contributed by atoms with E-state index in [-0.39, 0.29) is 17.9 Å². The lowest BCUT2D eigenvalue weighted by Gasteiger charge is -2.32. The van der Waals surface area contributed by atoms with Gasteiger partial charge in [0.25, 0.3) is 5.91 Å². The molecule has 0 aromatic heterocycles. The number of likely N-dealkylation sites (tertiary alicyclic amines) is 1. The topological polar surface area (TPSA) is 49.4 Å². The number of carbonyl (C=O) groups excluding carboxylic acids is 2. The van der Waals surface area contributed by atoms with Crippen LogP contribution < -0.4 is 5.32 Å². The molecule has 0 saturated carbocycles. The summed E-state index contributed by atoms with van der Waals surface area (Å²) in [5, 5.41) is 2.94. The van der Waals surface area contributed by atoms with Crippen LogP contribution in [0.4, 0.5) is 4.39 Å². The van der Waals surface area contributed by atoms with Gasteiger partial charge in [-0.1, -0.05) is 6.92 Å². The number of nitrogens with zero attached hydrogens (tertiary/aromatic N) is 1. The van der Waals surface area contributed by atoms with Crippen LogP contribution in [-0.4, -0.2) is 35.8 Å². The van der Waals surface area contributed by atoms with Crippen molar-refractivity contribution in [3.63, 3.8) is 0 Å². The van der Waals surface area contributed by atoms with Gasteiger partial charge in [0.2, 0.25) is 5.91 Å². The molecule has 0 atom stereocenters. The van der Waals surface area contributed by atoms with Crippen molar-refractivity contribution in [3.05, 3.63) is 34.1 Å². The van der Waals surface area contributed by atoms with E-state index in [1.54, 1.807) is 11.0 Å². The van der Waals surface area contributed by atoms with Crippen LogP contribution >= 0.6 is 15.9 Å². The molecule has 1 aliphatic heterocycles. The highest BCUT2D eigenvalue weighted by atomic mass is 79.9. The summed E-state index contributed by atoms with van der Waals surface area (Å²) in [6.45, 7) is 2.96. The Kier molecular flexibility index (Phi) is 5.33. The zero-order chi connectivity index (χ0) is 15.4. The van der Waals surface area contributed by atoms with Crippen LogP contribution in [0.1, 0.15) is 36.5 Å². The lowest BCUT2D eigenvalue weighted by molar-refractivity contribution is -0.121. The Labute approximate surface area is 131 Å². The first-order valence-electron chi connectivity index (χ1n) is 7.05. The number of piperidine rings is 1. The molecule has 1 aromatic carbocycles. The molecule has 1 aromatic rings. The van der Waals surface area contributed by atoms with E-state index in [0.717, 1.165) is 12.8 Å². The lowest BCUT2D eigenvalue weighted by atomic mass is 10.0. The van der Waals surface area contributed by atoms with E-state index in [1.165, 1.54) is 12.1 Å². The summed E-state index contributed by atoms with van der Waals surface area (Å²) in [5.74, 6) is -0.567. The van der Waals surface area contributed by atoms with Crippen molar-refractivity contribution in [3.8, 4) is 0 Å². The molecule has 1 heterocycles. The highest BCUT2D eigenvalue weighted by Gasteiger charge is 2.24. The van der Waals surface area contributed by atoms with E-state index in [4.69, 9.17) is 0 Å². The van der Waals surface area contributed by atoms with Gasteiger partial charge in [-0.3, -0.25) is 9.59 Å². The predicted molar refractivity (Wildman–Crippen MR) is 81.5 cm³/mol. The second-order valence-corrected chi connectivity index (χ2v) is 5.97. The van der Waals surface area contributed by atoms with Crippen molar-refractivity contribution in [2.45, 2.75) is 32.2 Å². The molecule has 1 N–H and O–H groups in total. The average Bonchev–Trinajstić information content (AvgIpc) is 2.50. The number of amides is 2. The van der Waals surface area contributed by atoms with Crippen molar-refractivity contribution >= 4 is 27.7 Å². The Morgan fingerprint density at radius 2 is 2.05 bits per heavy atom. The summed E-state index contributed by atoms with van der Waals surface area (Å²) in [5.41, 5.74) is 0.353. The molecule has 2 amide bonds. The van der Waals surface area contributed by atoms with E-state index < -0.39 is 5.82 Å². The van der Waals surface area contributed by atoms with Crippen molar-refractivity contribution in [2.24, 2.45) is 0 Å². The Hall–Kier alpha value is -1.43. The van der Waals surface area contributed by atoms with Crippen LogP contribution in [0.25, 0.3) is 0 Å². The fourth-order valence-electron chi connectivity index (χ4n) is 2.37. The smallest absolute Gasteiger partial charge is 0.253 e. The number of hydrogen-bond donors (Lipinski definition) is 1. The maximum Gasteiger partial charge on any atom is 0.253 e. The minimum Gasteiger partial charge on any atom is -0.353 e. The fraction of sp³-hybridized carbons (Fsp3) is 0.467. The van der Waals surface area contributed by atoms with E-state index in [1.807, 2.05) is 6.92 Å². The number of carbonyl (C=O) groups is 2. The molecule has 1 fully saturated rings. The highest BCUT2D eigenvalue weighted by Crippen LogP contribution is 2.19.